The highest BCUT2D eigenvalue weighted by molar-refractivity contribution is 7.17. The minimum absolute atomic E-state index is 0.102. The van der Waals surface area contributed by atoms with Gasteiger partial charge < -0.3 is 20.5 Å². The van der Waals surface area contributed by atoms with Gasteiger partial charge in [0.05, 0.1) is 40.3 Å². The van der Waals surface area contributed by atoms with Crippen molar-refractivity contribution in [1.82, 2.24) is 29.9 Å². The molecule has 0 saturated heterocycles. The Morgan fingerprint density at radius 2 is 2.17 bits per heavy atom. The Balaban J connectivity index is 1.58. The van der Waals surface area contributed by atoms with Gasteiger partial charge in [-0.15, -0.1) is 11.3 Å². The molecule has 1 saturated carbocycles. The topological polar surface area (TPSA) is 161 Å². The molecule has 1 aliphatic rings. The van der Waals surface area contributed by atoms with E-state index in [2.05, 4.69) is 20.4 Å². The molecular formula is C23H25N7O4S. The van der Waals surface area contributed by atoms with E-state index in [0.717, 1.165) is 17.7 Å². The summed E-state index contributed by atoms with van der Waals surface area (Å²) in [7, 11) is 0. The molecule has 11 nitrogen and oxygen atoms in total. The normalized spacial score (nSPS) is 15.9. The number of nitrogens with zero attached hydrogens (tertiary/aromatic N) is 4. The molecule has 182 valence electrons. The second kappa shape index (κ2) is 9.12. The summed E-state index contributed by atoms with van der Waals surface area (Å²) in [4.78, 5) is 39.9. The summed E-state index contributed by atoms with van der Waals surface area (Å²) in [6.45, 7) is 3.75. The van der Waals surface area contributed by atoms with Crippen LogP contribution in [0.5, 0.6) is 5.88 Å². The average Bonchev–Trinajstić information content (AvgIpc) is 3.19. The molecule has 4 aromatic heterocycles. The van der Waals surface area contributed by atoms with Crippen LogP contribution in [0.25, 0.3) is 22.3 Å². The first-order chi connectivity index (χ1) is 16.8. The van der Waals surface area contributed by atoms with E-state index in [1.54, 1.807) is 22.9 Å². The first kappa shape index (κ1) is 23.0. The minimum Gasteiger partial charge on any atom is -0.493 e. The average molecular weight is 496 g/mol. The van der Waals surface area contributed by atoms with Crippen LogP contribution in [0.1, 0.15) is 42.1 Å². The highest BCUT2D eigenvalue weighted by Crippen LogP contribution is 2.27. The second-order valence-corrected chi connectivity index (χ2v) is 9.94. The number of hydrogen-bond donors (Lipinski definition) is 5. The number of carbonyl (C=O) groups excluding carboxylic acids is 1. The molecular weight excluding hydrogens is 470 g/mol. The van der Waals surface area contributed by atoms with Gasteiger partial charge in [-0.3, -0.25) is 14.8 Å². The summed E-state index contributed by atoms with van der Waals surface area (Å²) in [6, 6.07) is 5.33. The molecule has 5 N–H and O–H groups in total. The van der Waals surface area contributed by atoms with Crippen LogP contribution in [0.2, 0.25) is 0 Å². The van der Waals surface area contributed by atoms with E-state index in [9.17, 15) is 19.8 Å². The number of aromatic hydroxyl groups is 1. The SMILES string of the molecule is CC(C)[C@H](CO)NC(=O)c1ccc(-c2cc(=NC3CC3)n3nc/c(=C\c4[nH]c(=O)[nH]c4O)c3n2)s1. The highest BCUT2D eigenvalue weighted by atomic mass is 32.1. The maximum Gasteiger partial charge on any atom is 0.326 e. The molecule has 0 bridgehead atoms. The van der Waals surface area contributed by atoms with Crippen molar-refractivity contribution in [2.75, 3.05) is 6.61 Å². The molecule has 12 heteroatoms. The van der Waals surface area contributed by atoms with Crippen molar-refractivity contribution in [3.63, 3.8) is 0 Å². The van der Waals surface area contributed by atoms with E-state index in [0.29, 0.717) is 26.9 Å². The fourth-order valence-corrected chi connectivity index (χ4v) is 4.45. The number of amides is 1. The van der Waals surface area contributed by atoms with Gasteiger partial charge in [0.2, 0.25) is 5.88 Å². The fraction of sp³-hybridized carbons (Fsp3) is 0.348. The van der Waals surface area contributed by atoms with Crippen LogP contribution in [0.4, 0.5) is 0 Å². The van der Waals surface area contributed by atoms with Crippen molar-refractivity contribution in [3.8, 4) is 16.5 Å². The van der Waals surface area contributed by atoms with Gasteiger partial charge in [0.15, 0.2) is 11.1 Å². The standard InChI is InChI=1S/C23H25N7O4S/c1-11(2)16(10-31)27-22(33)18-6-5-17(35-18)14-8-19(25-13-3-4-13)30-20(26-14)12(9-24-30)7-15-21(32)29-23(34)28-15/h5-9,11,13,16,31-32H,3-4,10H2,1-2H3,(H,27,33)(H2,28,29,34)/b12-7+,25-19?/t16-/m0/s1. The molecule has 0 radical (unpaired) electrons. The quantitative estimate of drug-likeness (QED) is 0.251. The van der Waals surface area contributed by atoms with E-state index in [1.165, 1.54) is 11.3 Å². The number of aromatic nitrogens is 5. The van der Waals surface area contributed by atoms with Crippen molar-refractivity contribution in [2.45, 2.75) is 38.8 Å². The number of aliphatic hydroxyl groups excluding tert-OH is 1. The molecule has 0 unspecified atom stereocenters. The summed E-state index contributed by atoms with van der Waals surface area (Å²) < 4.78 is 1.63. The molecule has 0 spiro atoms. The third kappa shape index (κ3) is 4.75. The van der Waals surface area contributed by atoms with Crippen molar-refractivity contribution in [2.24, 2.45) is 10.9 Å². The number of nitrogens with one attached hydrogen (secondary N) is 3. The first-order valence-electron chi connectivity index (χ1n) is 11.3. The molecule has 0 aliphatic heterocycles. The van der Waals surface area contributed by atoms with Crippen molar-refractivity contribution < 1.29 is 15.0 Å². The van der Waals surface area contributed by atoms with Crippen molar-refractivity contribution in [1.29, 1.82) is 0 Å². The lowest BCUT2D eigenvalue weighted by molar-refractivity contribution is 0.0901. The molecule has 1 atom stereocenters. The number of aromatic amines is 2. The molecule has 0 aromatic carbocycles. The lowest BCUT2D eigenvalue weighted by atomic mass is 10.1. The Morgan fingerprint density at radius 3 is 2.83 bits per heavy atom. The van der Waals surface area contributed by atoms with Crippen LogP contribution in [-0.4, -0.2) is 59.4 Å². The molecule has 4 heterocycles. The zero-order valence-electron chi connectivity index (χ0n) is 19.1. The van der Waals surface area contributed by atoms with Gasteiger partial charge in [-0.25, -0.2) is 9.78 Å². The maximum absolute atomic E-state index is 12.7. The number of carbonyl (C=O) groups is 1. The van der Waals surface area contributed by atoms with E-state index >= 15 is 0 Å². The Kier molecular flexibility index (Phi) is 5.99. The molecule has 1 aliphatic carbocycles. The van der Waals surface area contributed by atoms with Gasteiger partial charge in [-0.1, -0.05) is 13.8 Å². The third-order valence-corrected chi connectivity index (χ3v) is 6.88. The third-order valence-electron chi connectivity index (χ3n) is 5.78. The van der Waals surface area contributed by atoms with Gasteiger partial charge in [0.25, 0.3) is 5.91 Å². The predicted molar refractivity (Wildman–Crippen MR) is 130 cm³/mol. The molecule has 1 fully saturated rings. The largest absolute Gasteiger partial charge is 0.493 e. The Hall–Kier alpha value is -3.77. The lowest BCUT2D eigenvalue weighted by Crippen LogP contribution is -2.40. The molecule has 1 amide bonds. The van der Waals surface area contributed by atoms with Gasteiger partial charge in [-0.05, 0) is 37.0 Å². The number of aliphatic hydroxyl groups is 1. The predicted octanol–water partition coefficient (Wildman–Crippen LogP) is 0.537. The second-order valence-electron chi connectivity index (χ2n) is 8.85. The van der Waals surface area contributed by atoms with Gasteiger partial charge in [0, 0.05) is 11.3 Å². The zero-order chi connectivity index (χ0) is 24.7. The van der Waals surface area contributed by atoms with Crippen LogP contribution in [-0.2, 0) is 0 Å². The van der Waals surface area contributed by atoms with Crippen LogP contribution >= 0.6 is 11.3 Å². The Morgan fingerprint density at radius 1 is 1.37 bits per heavy atom. The van der Waals surface area contributed by atoms with Crippen molar-refractivity contribution in [3.05, 3.63) is 56.2 Å². The van der Waals surface area contributed by atoms with Crippen molar-refractivity contribution >= 4 is 29.0 Å². The highest BCUT2D eigenvalue weighted by Gasteiger charge is 2.21. The number of thiophene rings is 1. The smallest absolute Gasteiger partial charge is 0.326 e. The zero-order valence-corrected chi connectivity index (χ0v) is 20.0. The summed E-state index contributed by atoms with van der Waals surface area (Å²) in [5, 5.41) is 27.4. The van der Waals surface area contributed by atoms with Crippen LogP contribution in [0.15, 0.2) is 34.2 Å². The van der Waals surface area contributed by atoms with Gasteiger partial charge in [-0.2, -0.15) is 9.61 Å². The van der Waals surface area contributed by atoms with E-state index in [4.69, 9.17) is 9.98 Å². The lowest BCUT2D eigenvalue weighted by Gasteiger charge is -2.19. The summed E-state index contributed by atoms with van der Waals surface area (Å²) in [6.07, 6.45) is 5.21. The fourth-order valence-electron chi connectivity index (χ4n) is 3.58. The summed E-state index contributed by atoms with van der Waals surface area (Å²) in [5.41, 5.74) is 1.47. The number of imidazole rings is 1. The van der Waals surface area contributed by atoms with Gasteiger partial charge >= 0.3 is 5.69 Å². The summed E-state index contributed by atoms with van der Waals surface area (Å²) in [5.74, 6) is -0.418. The first-order valence-corrected chi connectivity index (χ1v) is 12.1. The van der Waals surface area contributed by atoms with E-state index < -0.39 is 5.69 Å². The number of rotatable bonds is 7. The van der Waals surface area contributed by atoms with Gasteiger partial charge in [0.1, 0.15) is 5.69 Å². The minimum atomic E-state index is -0.520. The monoisotopic (exact) mass is 495 g/mol. The van der Waals surface area contributed by atoms with E-state index in [1.807, 2.05) is 26.0 Å². The number of hydrogen-bond acceptors (Lipinski definition) is 8. The Labute approximate surface area is 202 Å². The maximum atomic E-state index is 12.7. The van der Waals surface area contributed by atoms with Crippen LogP contribution in [0, 0.1) is 5.92 Å². The van der Waals surface area contributed by atoms with Crippen LogP contribution in [0.3, 0.4) is 0 Å². The molecule has 4 aromatic rings. The molecule has 35 heavy (non-hydrogen) atoms. The Bertz CT molecular complexity index is 1580. The van der Waals surface area contributed by atoms with Crippen LogP contribution < -0.4 is 21.7 Å². The number of fused-ring (bicyclic) bond motifs is 1. The van der Waals surface area contributed by atoms with E-state index in [-0.39, 0.29) is 42.1 Å². The molecule has 5 rings (SSSR count). The number of H-pyrrole nitrogens is 2. The summed E-state index contributed by atoms with van der Waals surface area (Å²) >= 11 is 1.30.